The van der Waals surface area contributed by atoms with Crippen molar-refractivity contribution < 1.29 is 15.3 Å². The van der Waals surface area contributed by atoms with E-state index in [4.69, 9.17) is 0 Å². The predicted octanol–water partition coefficient (Wildman–Crippen LogP) is 6.45. The Balaban J connectivity index is 1.69. The van der Waals surface area contributed by atoms with Crippen LogP contribution in [0.1, 0.15) is 105 Å². The molecule has 0 aliphatic heterocycles. The van der Waals surface area contributed by atoms with Crippen LogP contribution in [0.5, 0.6) is 0 Å². The second-order valence-electron chi connectivity index (χ2n) is 11.7. The maximum atomic E-state index is 10.5. The fourth-order valence-corrected chi connectivity index (χ4v) is 9.54. The van der Waals surface area contributed by atoms with Gasteiger partial charge in [0.1, 0.15) is 0 Å². The summed E-state index contributed by atoms with van der Waals surface area (Å²) in [7, 11) is 0. The molecule has 3 rings (SSSR count). The molecule has 0 aromatic carbocycles. The van der Waals surface area contributed by atoms with Gasteiger partial charge in [0.2, 0.25) is 0 Å². The molecule has 3 aliphatic carbocycles. The van der Waals surface area contributed by atoms with E-state index in [9.17, 15) is 15.3 Å². The summed E-state index contributed by atoms with van der Waals surface area (Å²) in [5, 5.41) is 31.1. The van der Waals surface area contributed by atoms with Crippen molar-refractivity contribution in [3.8, 4) is 0 Å². The number of allylic oxidation sites excluding steroid dienone is 3. The molecule has 5 unspecified atom stereocenters. The summed E-state index contributed by atoms with van der Waals surface area (Å²) in [6, 6.07) is 0. The van der Waals surface area contributed by atoms with Gasteiger partial charge in [-0.05, 0) is 108 Å². The van der Waals surface area contributed by atoms with Crippen LogP contribution in [-0.4, -0.2) is 41.1 Å². The molecule has 6 atom stereocenters. The average molecular weight is 559 g/mol. The van der Waals surface area contributed by atoms with Crippen molar-refractivity contribution in [3.05, 3.63) is 23.3 Å². The van der Waals surface area contributed by atoms with Crippen molar-refractivity contribution in [2.45, 2.75) is 126 Å². The van der Waals surface area contributed by atoms with Gasteiger partial charge < -0.3 is 15.3 Å². The van der Waals surface area contributed by atoms with Crippen LogP contribution >= 0.6 is 20.7 Å². The average Bonchev–Trinajstić information content (AvgIpc) is 3.09. The molecule has 32 heavy (non-hydrogen) atoms. The Morgan fingerprint density at radius 3 is 2.59 bits per heavy atom. The minimum atomic E-state index is -0.899. The highest BCUT2D eigenvalue weighted by Crippen LogP contribution is 2.60. The van der Waals surface area contributed by atoms with E-state index >= 15 is 0 Å². The lowest BCUT2D eigenvalue weighted by Crippen LogP contribution is -2.44. The fraction of sp³-hybridized carbons (Fsp3) is 0.821. The number of alkyl halides is 1. The molecule has 0 saturated heterocycles. The zero-order valence-electron chi connectivity index (χ0n) is 20.9. The first-order valence-corrected chi connectivity index (χ1v) is 15.7. The first-order chi connectivity index (χ1) is 15.0. The monoisotopic (exact) mass is 558 g/mol. The Bertz CT molecular complexity index is 721. The molecule has 184 valence electrons. The quantitative estimate of drug-likeness (QED) is 0.237. The van der Waals surface area contributed by atoms with Crippen molar-refractivity contribution in [2.24, 2.45) is 17.3 Å². The molecule has 3 saturated carbocycles. The summed E-state index contributed by atoms with van der Waals surface area (Å²) in [5.74, 6) is 1.47. The van der Waals surface area contributed by atoms with E-state index in [0.29, 0.717) is 30.6 Å². The highest BCUT2D eigenvalue weighted by molar-refractivity contribution is 14.2. The molecule has 0 aromatic heterocycles. The van der Waals surface area contributed by atoms with Crippen LogP contribution in [0.4, 0.5) is 0 Å². The Labute approximate surface area is 206 Å². The van der Waals surface area contributed by atoms with Crippen molar-refractivity contribution >= 4 is 25.2 Å². The summed E-state index contributed by atoms with van der Waals surface area (Å²) >= 11 is -0.0516. The van der Waals surface area contributed by atoms with Crippen molar-refractivity contribution in [1.82, 2.24) is 0 Å². The minimum Gasteiger partial charge on any atom is -0.390 e. The normalized spacial score (nSPS) is 39.4. The molecule has 3 fully saturated rings. The van der Waals surface area contributed by atoms with Crippen molar-refractivity contribution in [2.75, 3.05) is 0 Å². The molecular formula is C28H47IO3. The second-order valence-corrected chi connectivity index (χ2v) is 14.2. The summed E-state index contributed by atoms with van der Waals surface area (Å²) in [6.45, 7) is 8.37. The molecule has 3 nitrogen and oxygen atoms in total. The smallest absolute Gasteiger partial charge is 0.0909 e. The minimum absolute atomic E-state index is 0.0516. The van der Waals surface area contributed by atoms with E-state index in [1.54, 1.807) is 5.57 Å². The Morgan fingerprint density at radius 1 is 1.22 bits per heavy atom. The van der Waals surface area contributed by atoms with Gasteiger partial charge in [0.15, 0.2) is 0 Å². The number of hydrogen-bond donors (Lipinski definition) is 3. The zero-order chi connectivity index (χ0) is 23.6. The lowest BCUT2D eigenvalue weighted by molar-refractivity contribution is -0.0915. The van der Waals surface area contributed by atoms with E-state index < -0.39 is 17.3 Å². The van der Waals surface area contributed by atoms with E-state index in [1.807, 2.05) is 20.8 Å². The molecule has 0 bridgehead atoms. The molecule has 0 radical (unpaired) electrons. The van der Waals surface area contributed by atoms with E-state index in [2.05, 4.69) is 23.6 Å². The molecule has 3 aliphatic rings. The van der Waals surface area contributed by atoms with Gasteiger partial charge >= 0.3 is 0 Å². The predicted molar refractivity (Wildman–Crippen MR) is 145 cm³/mol. The van der Waals surface area contributed by atoms with Crippen LogP contribution in [0.3, 0.4) is 0 Å². The number of rotatable bonds is 8. The van der Waals surface area contributed by atoms with Crippen molar-refractivity contribution in [1.29, 1.82) is 0 Å². The van der Waals surface area contributed by atoms with Gasteiger partial charge in [-0.1, -0.05) is 41.7 Å². The molecule has 0 spiro atoms. The van der Waals surface area contributed by atoms with Crippen molar-refractivity contribution in [3.63, 3.8) is 0 Å². The summed E-state index contributed by atoms with van der Waals surface area (Å²) in [5.41, 5.74) is 1.85. The Hall–Kier alpha value is -0.0400. The number of aliphatic hydroxyl groups excluding tert-OH is 1. The number of halogens is 1. The number of hydrogen-bond acceptors (Lipinski definition) is 3. The highest BCUT2D eigenvalue weighted by atomic mass is 127. The molecule has 0 amide bonds. The van der Waals surface area contributed by atoms with Gasteiger partial charge in [-0.15, -0.1) is 20.7 Å². The number of aliphatic hydroxyl groups is 3. The topological polar surface area (TPSA) is 60.7 Å². The van der Waals surface area contributed by atoms with Gasteiger partial charge in [0.05, 0.1) is 17.3 Å². The lowest BCUT2D eigenvalue weighted by atomic mass is 9.62. The van der Waals surface area contributed by atoms with Crippen LogP contribution in [0.15, 0.2) is 23.3 Å². The molecule has 0 heterocycles. The third-order valence-electron chi connectivity index (χ3n) is 9.04. The van der Waals surface area contributed by atoms with Gasteiger partial charge in [-0.2, -0.15) is 0 Å². The number of fused-ring (bicyclic) bond motifs is 1. The maximum Gasteiger partial charge on any atom is 0.0909 e. The third kappa shape index (κ3) is 5.95. The van der Waals surface area contributed by atoms with Crippen LogP contribution < -0.4 is 0 Å². The summed E-state index contributed by atoms with van der Waals surface area (Å²) in [4.78, 5) is 0. The SMILES string of the molecule is C=IC(CCCC(C)(C)O)C1CCC2/C(=C/C=C3/CC[C@@](O)(CC)C(O)C3)CCCC21C. The van der Waals surface area contributed by atoms with Gasteiger partial charge in [0, 0.05) is 3.92 Å². The largest absolute Gasteiger partial charge is 0.390 e. The molecule has 0 aromatic rings. The molecule has 3 N–H and O–H groups in total. The van der Waals surface area contributed by atoms with E-state index in [0.717, 1.165) is 29.1 Å². The summed E-state index contributed by atoms with van der Waals surface area (Å²) in [6.07, 6.45) is 16.5. The van der Waals surface area contributed by atoms with Crippen LogP contribution in [0, 0.1) is 17.3 Å². The first kappa shape index (κ1) is 26.6. The standard InChI is InChI=1S/C28H47IO3/c1-6-28(32)18-15-20(19-25(28)30)11-12-21-9-7-17-27(4)22(21)13-14-23(27)24(29-5)10-8-16-26(2,3)31/h11-12,22-25,30-32H,5-10,13-19H2,1-4H3/b20-11-,21-12+/t22?,23?,24?,25?,27?,28-/m0/s1. The lowest BCUT2D eigenvalue weighted by Gasteiger charge is -2.44. The van der Waals surface area contributed by atoms with E-state index in [-0.39, 0.29) is 20.7 Å². The van der Waals surface area contributed by atoms with Crippen LogP contribution in [-0.2, 0) is 0 Å². The third-order valence-corrected chi connectivity index (χ3v) is 11.7. The van der Waals surface area contributed by atoms with Crippen LogP contribution in [0.25, 0.3) is 0 Å². The first-order valence-electron chi connectivity index (χ1n) is 12.9. The van der Waals surface area contributed by atoms with E-state index in [1.165, 1.54) is 44.1 Å². The van der Waals surface area contributed by atoms with Gasteiger partial charge in [-0.3, -0.25) is 0 Å². The van der Waals surface area contributed by atoms with Gasteiger partial charge in [0.25, 0.3) is 0 Å². The molecular weight excluding hydrogens is 511 g/mol. The summed E-state index contributed by atoms with van der Waals surface area (Å²) < 4.78 is 5.20. The van der Waals surface area contributed by atoms with Crippen LogP contribution in [0.2, 0.25) is 0 Å². The fourth-order valence-electron chi connectivity index (χ4n) is 6.86. The van der Waals surface area contributed by atoms with Gasteiger partial charge in [-0.25, -0.2) is 0 Å². The Kier molecular flexibility index (Phi) is 8.88. The second kappa shape index (κ2) is 10.7. The zero-order valence-corrected chi connectivity index (χ0v) is 23.0. The highest BCUT2D eigenvalue weighted by Gasteiger charge is 2.51. The Morgan fingerprint density at radius 2 is 1.97 bits per heavy atom. The maximum absolute atomic E-state index is 10.5. The molecule has 4 heteroatoms.